The van der Waals surface area contributed by atoms with Gasteiger partial charge in [0.05, 0.1) is 12.7 Å². The van der Waals surface area contributed by atoms with Crippen molar-refractivity contribution in [3.8, 4) is 5.75 Å². The van der Waals surface area contributed by atoms with Crippen LogP contribution < -0.4 is 10.1 Å². The van der Waals surface area contributed by atoms with E-state index in [2.05, 4.69) is 19.2 Å². The van der Waals surface area contributed by atoms with E-state index >= 15 is 0 Å². The Bertz CT molecular complexity index is 309. The van der Waals surface area contributed by atoms with Crippen molar-refractivity contribution < 1.29 is 9.84 Å². The van der Waals surface area contributed by atoms with Gasteiger partial charge < -0.3 is 15.2 Å². The second-order valence-corrected chi connectivity index (χ2v) is 4.67. The number of hydrogen-bond acceptors (Lipinski definition) is 3. The Hall–Kier alpha value is -1.06. The Kier molecular flexibility index (Phi) is 6.01. The molecule has 1 rings (SSSR count). The molecule has 0 bridgehead atoms. The summed E-state index contributed by atoms with van der Waals surface area (Å²) < 4.78 is 5.61. The fraction of sp³-hybridized carbons (Fsp3) is 0.571. The molecule has 96 valence electrons. The zero-order valence-corrected chi connectivity index (χ0v) is 10.9. The Balaban J connectivity index is 2.44. The molecule has 3 heteroatoms. The van der Waals surface area contributed by atoms with Crippen LogP contribution in [0.2, 0.25) is 0 Å². The molecule has 1 unspecified atom stereocenters. The summed E-state index contributed by atoms with van der Waals surface area (Å²) in [5, 5.41) is 12.7. The summed E-state index contributed by atoms with van der Waals surface area (Å²) in [5.41, 5.74) is 0.913. The van der Waals surface area contributed by atoms with Crippen LogP contribution in [0.1, 0.15) is 31.9 Å². The van der Waals surface area contributed by atoms with Gasteiger partial charge in [-0.15, -0.1) is 0 Å². The van der Waals surface area contributed by atoms with Gasteiger partial charge in [0.2, 0.25) is 0 Å². The highest BCUT2D eigenvalue weighted by Crippen LogP contribution is 2.17. The van der Waals surface area contributed by atoms with Gasteiger partial charge in [-0.3, -0.25) is 0 Å². The molecule has 0 aliphatic heterocycles. The summed E-state index contributed by atoms with van der Waals surface area (Å²) in [6, 6.07) is 7.64. The lowest BCUT2D eigenvalue weighted by Crippen LogP contribution is -2.16. The van der Waals surface area contributed by atoms with Crippen molar-refractivity contribution in [3.63, 3.8) is 0 Å². The molecule has 0 heterocycles. The molecule has 2 N–H and O–H groups in total. The second-order valence-electron chi connectivity index (χ2n) is 4.67. The van der Waals surface area contributed by atoms with Crippen molar-refractivity contribution >= 4 is 0 Å². The second kappa shape index (κ2) is 7.30. The van der Waals surface area contributed by atoms with Crippen molar-refractivity contribution in [2.45, 2.75) is 26.4 Å². The van der Waals surface area contributed by atoms with Crippen LogP contribution in [0.25, 0.3) is 0 Å². The fourth-order valence-corrected chi connectivity index (χ4v) is 1.51. The normalized spacial score (nSPS) is 12.8. The average Bonchev–Trinajstić information content (AvgIpc) is 2.30. The summed E-state index contributed by atoms with van der Waals surface area (Å²) in [4.78, 5) is 0. The number of likely N-dealkylation sites (N-methyl/N-ethyl adjacent to an activating group) is 1. The minimum absolute atomic E-state index is 0.454. The fourth-order valence-electron chi connectivity index (χ4n) is 1.51. The maximum absolute atomic E-state index is 9.76. The van der Waals surface area contributed by atoms with Gasteiger partial charge in [0, 0.05) is 6.54 Å². The maximum atomic E-state index is 9.76. The van der Waals surface area contributed by atoms with Crippen LogP contribution in [0.5, 0.6) is 5.75 Å². The van der Waals surface area contributed by atoms with Crippen LogP contribution in [-0.4, -0.2) is 25.3 Å². The van der Waals surface area contributed by atoms with E-state index in [1.165, 1.54) is 0 Å². The highest BCUT2D eigenvalue weighted by atomic mass is 16.5. The number of benzene rings is 1. The zero-order valence-electron chi connectivity index (χ0n) is 10.9. The Morgan fingerprint density at radius 2 is 1.88 bits per heavy atom. The third-order valence-electron chi connectivity index (χ3n) is 2.63. The smallest absolute Gasteiger partial charge is 0.119 e. The molecule has 0 radical (unpaired) electrons. The molecule has 3 nitrogen and oxygen atoms in total. The van der Waals surface area contributed by atoms with E-state index in [1.54, 1.807) is 0 Å². The monoisotopic (exact) mass is 237 g/mol. The van der Waals surface area contributed by atoms with Gasteiger partial charge in [0.25, 0.3) is 0 Å². The number of aliphatic hydroxyl groups excluding tert-OH is 1. The van der Waals surface area contributed by atoms with E-state index in [4.69, 9.17) is 4.74 Å². The van der Waals surface area contributed by atoms with Gasteiger partial charge in [-0.25, -0.2) is 0 Å². The predicted molar refractivity (Wildman–Crippen MR) is 70.3 cm³/mol. The van der Waals surface area contributed by atoms with Crippen LogP contribution in [0.15, 0.2) is 24.3 Å². The summed E-state index contributed by atoms with van der Waals surface area (Å²) in [7, 11) is 1.83. The third kappa shape index (κ3) is 5.20. The van der Waals surface area contributed by atoms with E-state index in [0.29, 0.717) is 12.5 Å². The quantitative estimate of drug-likeness (QED) is 0.765. The van der Waals surface area contributed by atoms with Crippen molar-refractivity contribution in [2.75, 3.05) is 20.2 Å². The van der Waals surface area contributed by atoms with Crippen molar-refractivity contribution in [1.29, 1.82) is 0 Å². The first-order valence-corrected chi connectivity index (χ1v) is 6.19. The van der Waals surface area contributed by atoms with Crippen LogP contribution >= 0.6 is 0 Å². The molecular formula is C14H23NO2. The summed E-state index contributed by atoms with van der Waals surface area (Å²) in [5.74, 6) is 1.53. The molecule has 0 aliphatic rings. The molecule has 17 heavy (non-hydrogen) atoms. The lowest BCUT2D eigenvalue weighted by atomic mass is 10.1. The molecule has 0 aromatic heterocycles. The topological polar surface area (TPSA) is 41.5 Å². The highest BCUT2D eigenvalue weighted by molar-refractivity contribution is 5.28. The first-order chi connectivity index (χ1) is 8.13. The zero-order chi connectivity index (χ0) is 12.7. The van der Waals surface area contributed by atoms with Gasteiger partial charge in [-0.2, -0.15) is 0 Å². The summed E-state index contributed by atoms with van der Waals surface area (Å²) in [6.45, 7) is 5.67. The van der Waals surface area contributed by atoms with Crippen molar-refractivity contribution in [1.82, 2.24) is 5.32 Å². The average molecular weight is 237 g/mol. The van der Waals surface area contributed by atoms with E-state index in [9.17, 15) is 5.11 Å². The van der Waals surface area contributed by atoms with Crippen LogP contribution in [0, 0.1) is 5.92 Å². The van der Waals surface area contributed by atoms with E-state index in [-0.39, 0.29) is 0 Å². The van der Waals surface area contributed by atoms with Gasteiger partial charge >= 0.3 is 0 Å². The molecular weight excluding hydrogens is 214 g/mol. The lowest BCUT2D eigenvalue weighted by molar-refractivity contribution is 0.177. The van der Waals surface area contributed by atoms with Crippen LogP contribution in [0.3, 0.4) is 0 Å². The number of ether oxygens (including phenoxy) is 1. The lowest BCUT2D eigenvalue weighted by Gasteiger charge is -2.12. The highest BCUT2D eigenvalue weighted by Gasteiger charge is 2.05. The predicted octanol–water partition coefficient (Wildman–Crippen LogP) is 2.36. The molecule has 0 fully saturated rings. The number of rotatable bonds is 7. The maximum Gasteiger partial charge on any atom is 0.119 e. The van der Waals surface area contributed by atoms with Crippen molar-refractivity contribution in [3.05, 3.63) is 29.8 Å². The van der Waals surface area contributed by atoms with Crippen LogP contribution in [0.4, 0.5) is 0 Å². The first-order valence-electron chi connectivity index (χ1n) is 6.19. The van der Waals surface area contributed by atoms with Crippen molar-refractivity contribution in [2.24, 2.45) is 5.92 Å². The van der Waals surface area contributed by atoms with E-state index in [1.807, 2.05) is 31.3 Å². The number of hydrogen-bond donors (Lipinski definition) is 2. The molecule has 1 atom stereocenters. The number of aliphatic hydroxyl groups is 1. The molecule has 1 aromatic rings. The SMILES string of the molecule is CNCC(O)c1ccc(OCCC(C)C)cc1. The van der Waals surface area contributed by atoms with Gasteiger partial charge in [-0.1, -0.05) is 26.0 Å². The van der Waals surface area contributed by atoms with E-state index < -0.39 is 6.10 Å². The molecule has 0 amide bonds. The molecule has 1 aromatic carbocycles. The van der Waals surface area contributed by atoms with Gasteiger partial charge in [-0.05, 0) is 37.1 Å². The Labute approximate surface area is 104 Å². The largest absolute Gasteiger partial charge is 0.494 e. The van der Waals surface area contributed by atoms with Gasteiger partial charge in [0.1, 0.15) is 5.75 Å². The summed E-state index contributed by atoms with van der Waals surface area (Å²) in [6.07, 6.45) is 0.606. The Morgan fingerprint density at radius 3 is 2.41 bits per heavy atom. The first kappa shape index (κ1) is 14.0. The molecule has 0 spiro atoms. The molecule has 0 saturated heterocycles. The minimum atomic E-state index is -0.454. The standard InChI is InChI=1S/C14H23NO2/c1-11(2)8-9-17-13-6-4-12(5-7-13)14(16)10-15-3/h4-7,11,14-16H,8-10H2,1-3H3. The minimum Gasteiger partial charge on any atom is -0.494 e. The Morgan fingerprint density at radius 1 is 1.24 bits per heavy atom. The third-order valence-corrected chi connectivity index (χ3v) is 2.63. The molecule has 0 aliphatic carbocycles. The molecule has 0 saturated carbocycles. The van der Waals surface area contributed by atoms with Crippen LogP contribution in [-0.2, 0) is 0 Å². The number of nitrogens with one attached hydrogen (secondary N) is 1. The van der Waals surface area contributed by atoms with E-state index in [0.717, 1.165) is 24.3 Å². The summed E-state index contributed by atoms with van der Waals surface area (Å²) >= 11 is 0. The van der Waals surface area contributed by atoms with Gasteiger partial charge in [0.15, 0.2) is 0 Å².